The molecule has 0 aliphatic heterocycles. The van der Waals surface area contributed by atoms with E-state index in [0.717, 1.165) is 0 Å². The topological polar surface area (TPSA) is 94.1 Å². The van der Waals surface area contributed by atoms with E-state index in [2.05, 4.69) is 0 Å². The lowest BCUT2D eigenvalue weighted by Crippen LogP contribution is -2.32. The van der Waals surface area contributed by atoms with E-state index in [-0.39, 0.29) is 18.8 Å². The van der Waals surface area contributed by atoms with Crippen LogP contribution in [-0.4, -0.2) is 46.5 Å². The highest BCUT2D eigenvalue weighted by molar-refractivity contribution is 6.34. The van der Waals surface area contributed by atoms with Crippen LogP contribution >= 0.6 is 11.6 Å². The van der Waals surface area contributed by atoms with Gasteiger partial charge in [0.25, 0.3) is 0 Å². The minimum Gasteiger partial charge on any atom is -0.421 e. The molecule has 2 aromatic rings. The summed E-state index contributed by atoms with van der Waals surface area (Å²) in [6.07, 6.45) is -0.108. The number of hydrogen-bond donors (Lipinski definition) is 3. The maximum atomic E-state index is 11.8. The molecule has 1 aromatic carbocycles. The Morgan fingerprint density at radius 3 is 2.43 bits per heavy atom. The maximum Gasteiger partial charge on any atom is 0.336 e. The molecular formula is C16H20ClNO5. The Bertz CT molecular complexity index is 694. The second-order valence-corrected chi connectivity index (χ2v) is 5.61. The Morgan fingerprint density at radius 2 is 1.83 bits per heavy atom. The van der Waals surface area contributed by atoms with Gasteiger partial charge in [0.2, 0.25) is 0 Å². The van der Waals surface area contributed by atoms with Crippen LogP contribution in [0, 0.1) is 0 Å². The largest absolute Gasteiger partial charge is 0.421 e. The summed E-state index contributed by atoms with van der Waals surface area (Å²) in [6.45, 7) is 0.845. The van der Waals surface area contributed by atoms with Crippen LogP contribution in [0.25, 0.3) is 11.0 Å². The van der Waals surface area contributed by atoms with Crippen molar-refractivity contribution in [2.24, 2.45) is 0 Å². The van der Waals surface area contributed by atoms with Crippen molar-refractivity contribution < 1.29 is 19.7 Å². The molecule has 6 nitrogen and oxygen atoms in total. The molecule has 1 heterocycles. The first-order valence-corrected chi connectivity index (χ1v) is 7.82. The van der Waals surface area contributed by atoms with Crippen molar-refractivity contribution in [2.45, 2.75) is 19.1 Å². The van der Waals surface area contributed by atoms with E-state index < -0.39 is 11.9 Å². The highest BCUT2D eigenvalue weighted by Crippen LogP contribution is 2.29. The molecule has 0 amide bonds. The van der Waals surface area contributed by atoms with Gasteiger partial charge in [-0.05, 0) is 18.9 Å². The molecule has 3 N–H and O–H groups in total. The van der Waals surface area contributed by atoms with Gasteiger partial charge in [-0.3, -0.25) is 4.90 Å². The fourth-order valence-electron chi connectivity index (χ4n) is 2.49. The van der Waals surface area contributed by atoms with E-state index in [0.29, 0.717) is 41.9 Å². The zero-order valence-corrected chi connectivity index (χ0v) is 13.4. The van der Waals surface area contributed by atoms with Crippen LogP contribution in [0.5, 0.6) is 0 Å². The normalized spacial score (nSPS) is 12.9. The second-order valence-electron chi connectivity index (χ2n) is 5.20. The number of benzene rings is 1. The van der Waals surface area contributed by atoms with Gasteiger partial charge in [-0.15, -0.1) is 0 Å². The smallest absolute Gasteiger partial charge is 0.336 e. The van der Waals surface area contributed by atoms with E-state index in [9.17, 15) is 9.90 Å². The molecule has 23 heavy (non-hydrogen) atoms. The predicted molar refractivity (Wildman–Crippen MR) is 87.4 cm³/mol. The summed E-state index contributed by atoms with van der Waals surface area (Å²) in [5, 5.41) is 29.6. The van der Waals surface area contributed by atoms with E-state index >= 15 is 0 Å². The third-order valence-electron chi connectivity index (χ3n) is 3.58. The standard InChI is InChI=1S/C16H20ClNO5/c17-13-5-1-4-11-12(10-14(21)23-15(11)13)16(22)18(6-2-8-19)7-3-9-20/h1,4-5,10,16,19-20,22H,2-3,6-9H2. The third kappa shape index (κ3) is 4.31. The van der Waals surface area contributed by atoms with E-state index in [4.69, 9.17) is 26.2 Å². The fourth-order valence-corrected chi connectivity index (χ4v) is 2.70. The number of fused-ring (bicyclic) bond motifs is 1. The molecule has 0 bridgehead atoms. The van der Waals surface area contributed by atoms with Crippen LogP contribution in [-0.2, 0) is 0 Å². The molecule has 2 rings (SSSR count). The van der Waals surface area contributed by atoms with Gasteiger partial charge < -0.3 is 19.7 Å². The molecule has 0 saturated carbocycles. The molecule has 0 spiro atoms. The van der Waals surface area contributed by atoms with Gasteiger partial charge in [-0.2, -0.15) is 0 Å². The van der Waals surface area contributed by atoms with E-state index in [1.165, 1.54) is 6.07 Å². The van der Waals surface area contributed by atoms with Crippen molar-refractivity contribution in [2.75, 3.05) is 26.3 Å². The maximum absolute atomic E-state index is 11.8. The summed E-state index contributed by atoms with van der Waals surface area (Å²) in [5.41, 5.74) is 0.0403. The average molecular weight is 342 g/mol. The van der Waals surface area contributed by atoms with Crippen LogP contribution in [0.3, 0.4) is 0 Å². The molecule has 0 aliphatic carbocycles. The lowest BCUT2D eigenvalue weighted by Gasteiger charge is -2.28. The Kier molecular flexibility index (Phi) is 6.56. The Labute approximate surface area is 138 Å². The van der Waals surface area contributed by atoms with Crippen LogP contribution in [0.4, 0.5) is 0 Å². The number of rotatable bonds is 8. The molecule has 0 aliphatic rings. The van der Waals surface area contributed by atoms with Crippen LogP contribution in [0.2, 0.25) is 5.02 Å². The summed E-state index contributed by atoms with van der Waals surface area (Å²) in [4.78, 5) is 13.5. The molecular weight excluding hydrogens is 322 g/mol. The van der Waals surface area contributed by atoms with Gasteiger partial charge in [0.05, 0.1) is 5.02 Å². The molecule has 1 unspecified atom stereocenters. The summed E-state index contributed by atoms with van der Waals surface area (Å²) in [7, 11) is 0. The van der Waals surface area contributed by atoms with Crippen molar-refractivity contribution >= 4 is 22.6 Å². The Balaban J connectivity index is 2.43. The number of halogens is 1. The number of nitrogens with zero attached hydrogens (tertiary/aromatic N) is 1. The average Bonchev–Trinajstić information content (AvgIpc) is 2.54. The first-order chi connectivity index (χ1) is 11.1. The lowest BCUT2D eigenvalue weighted by atomic mass is 10.1. The quantitative estimate of drug-likeness (QED) is 0.497. The van der Waals surface area contributed by atoms with E-state index in [1.54, 1.807) is 23.1 Å². The first-order valence-electron chi connectivity index (χ1n) is 7.44. The van der Waals surface area contributed by atoms with Crippen LogP contribution < -0.4 is 5.63 Å². The highest BCUT2D eigenvalue weighted by atomic mass is 35.5. The Morgan fingerprint density at radius 1 is 1.17 bits per heavy atom. The first kappa shape index (κ1) is 17.9. The van der Waals surface area contributed by atoms with Crippen molar-refractivity contribution in [3.63, 3.8) is 0 Å². The SMILES string of the molecule is O=c1cc(C(O)N(CCCO)CCCO)c2cccc(Cl)c2o1. The summed E-state index contributed by atoms with van der Waals surface area (Å²) in [6, 6.07) is 6.29. The zero-order chi connectivity index (χ0) is 16.8. The molecule has 7 heteroatoms. The van der Waals surface area contributed by atoms with Gasteiger partial charge in [0, 0.05) is 43.3 Å². The fraction of sp³-hybridized carbons (Fsp3) is 0.438. The number of hydrogen-bond acceptors (Lipinski definition) is 6. The van der Waals surface area contributed by atoms with Gasteiger partial charge in [0.15, 0.2) is 5.58 Å². The minimum atomic E-state index is -1.06. The number of aliphatic hydroxyl groups is 3. The molecule has 1 aromatic heterocycles. The van der Waals surface area contributed by atoms with Gasteiger partial charge in [0.1, 0.15) is 6.23 Å². The minimum absolute atomic E-state index is 0.00809. The Hall–Kier alpha value is -1.44. The summed E-state index contributed by atoms with van der Waals surface area (Å²) < 4.78 is 5.13. The monoisotopic (exact) mass is 341 g/mol. The molecule has 0 saturated heterocycles. The zero-order valence-electron chi connectivity index (χ0n) is 12.6. The van der Waals surface area contributed by atoms with Crippen molar-refractivity contribution in [3.8, 4) is 0 Å². The van der Waals surface area contributed by atoms with Gasteiger partial charge in [-0.1, -0.05) is 23.7 Å². The van der Waals surface area contributed by atoms with Crippen molar-refractivity contribution in [1.29, 1.82) is 0 Å². The van der Waals surface area contributed by atoms with Crippen molar-refractivity contribution in [3.05, 3.63) is 45.3 Å². The molecule has 126 valence electrons. The number of aliphatic hydroxyl groups excluding tert-OH is 3. The van der Waals surface area contributed by atoms with Crippen molar-refractivity contribution in [1.82, 2.24) is 4.90 Å². The lowest BCUT2D eigenvalue weighted by molar-refractivity contribution is -0.00383. The van der Waals surface area contributed by atoms with Crippen LogP contribution in [0.15, 0.2) is 33.5 Å². The molecule has 1 atom stereocenters. The summed E-state index contributed by atoms with van der Waals surface area (Å²) >= 11 is 6.06. The third-order valence-corrected chi connectivity index (χ3v) is 3.88. The molecule has 0 radical (unpaired) electrons. The van der Waals surface area contributed by atoms with Gasteiger partial charge in [-0.25, -0.2) is 4.79 Å². The van der Waals surface area contributed by atoms with E-state index in [1.807, 2.05) is 0 Å². The second kappa shape index (κ2) is 8.42. The van der Waals surface area contributed by atoms with Gasteiger partial charge >= 0.3 is 5.63 Å². The summed E-state index contributed by atoms with van der Waals surface area (Å²) in [5.74, 6) is 0. The molecule has 0 fully saturated rings. The predicted octanol–water partition coefficient (Wildman–Crippen LogP) is 1.50. The number of para-hydroxylation sites is 1. The highest BCUT2D eigenvalue weighted by Gasteiger charge is 2.21. The van der Waals surface area contributed by atoms with Crippen LogP contribution in [0.1, 0.15) is 24.6 Å².